The van der Waals surface area contributed by atoms with Gasteiger partial charge in [-0.1, -0.05) is 17.3 Å². The van der Waals surface area contributed by atoms with Crippen molar-refractivity contribution in [3.8, 4) is 28.9 Å². The summed E-state index contributed by atoms with van der Waals surface area (Å²) in [7, 11) is -1.29. The number of hydrogen-bond donors (Lipinski definition) is 1. The van der Waals surface area contributed by atoms with Crippen molar-refractivity contribution in [2.24, 2.45) is 5.92 Å². The van der Waals surface area contributed by atoms with E-state index in [-0.39, 0.29) is 22.0 Å². The molecule has 1 aliphatic heterocycles. The van der Waals surface area contributed by atoms with Crippen molar-refractivity contribution in [1.82, 2.24) is 10.1 Å². The summed E-state index contributed by atoms with van der Waals surface area (Å²) in [6.07, 6.45) is 2.59. The highest BCUT2D eigenvalue weighted by Crippen LogP contribution is 2.56. The van der Waals surface area contributed by atoms with Crippen molar-refractivity contribution in [2.75, 3.05) is 25.5 Å². The first-order chi connectivity index (χ1) is 17.0. The normalized spacial score (nSPS) is 18.2. The molecule has 2 aliphatic rings. The van der Waals surface area contributed by atoms with Gasteiger partial charge in [-0.15, -0.1) is 0 Å². The lowest BCUT2D eigenvalue weighted by atomic mass is 10.1. The van der Waals surface area contributed by atoms with Gasteiger partial charge in [-0.05, 0) is 30.0 Å². The number of nitrogens with zero attached hydrogens (tertiary/aromatic N) is 2. The van der Waals surface area contributed by atoms with Gasteiger partial charge in [-0.2, -0.15) is 0 Å². The molecule has 1 N–H and O–H groups in total. The van der Waals surface area contributed by atoms with Gasteiger partial charge in [-0.25, -0.2) is 13.4 Å². The highest BCUT2D eigenvalue weighted by molar-refractivity contribution is 7.93. The molecule has 2 aromatic carbocycles. The Balaban J connectivity index is 1.39. The molecule has 3 heterocycles. The Morgan fingerprint density at radius 1 is 1.09 bits per heavy atom. The van der Waals surface area contributed by atoms with Crippen molar-refractivity contribution in [3.05, 3.63) is 54.2 Å². The quantitative estimate of drug-likeness (QED) is 0.399. The number of fused-ring (bicyclic) bond motifs is 4. The minimum Gasteiger partial charge on any atom is -0.496 e. The van der Waals surface area contributed by atoms with Gasteiger partial charge in [0, 0.05) is 30.3 Å². The summed E-state index contributed by atoms with van der Waals surface area (Å²) in [5.74, 6) is 2.31. The predicted octanol–water partition coefficient (Wildman–Crippen LogP) is 4.33. The highest BCUT2D eigenvalue weighted by Gasteiger charge is 2.46. The van der Waals surface area contributed by atoms with Crippen LogP contribution in [-0.2, 0) is 10.0 Å². The Hall–Kier alpha value is -3.99. The number of rotatable bonds is 7. The van der Waals surface area contributed by atoms with Crippen molar-refractivity contribution < 1.29 is 31.9 Å². The Morgan fingerprint density at radius 2 is 1.94 bits per heavy atom. The summed E-state index contributed by atoms with van der Waals surface area (Å²) in [6.45, 7) is 0.479. The number of ether oxygens (including phenoxy) is 4. The van der Waals surface area contributed by atoms with Crippen molar-refractivity contribution in [3.63, 3.8) is 0 Å². The maximum atomic E-state index is 13.6. The standard InChI is InChI=1S/C24H21N3O7S/c1-30-17-7-6-15-16-9-13(16)12-32-22(15)23(17)35(28,29)27-24-21-18(31-2)10-14(11-19(21)34-26-24)33-20-5-3-4-8-25-20/h3-8,10-11,13,16H,9,12H2,1-2H3,(H,26,27)/t13-,16-/m0/s1. The average Bonchev–Trinajstić information content (AvgIpc) is 3.57. The van der Waals surface area contributed by atoms with Gasteiger partial charge in [0.1, 0.15) is 28.4 Å². The van der Waals surface area contributed by atoms with Crippen LogP contribution in [0.25, 0.3) is 11.0 Å². The first kappa shape index (κ1) is 21.5. The smallest absolute Gasteiger partial charge is 0.270 e. The van der Waals surface area contributed by atoms with E-state index in [1.807, 2.05) is 6.07 Å². The summed E-state index contributed by atoms with van der Waals surface area (Å²) in [6, 6.07) is 12.0. The van der Waals surface area contributed by atoms with E-state index in [0.717, 1.165) is 12.0 Å². The molecule has 1 fully saturated rings. The SMILES string of the molecule is COc1ccc2c(c1S(=O)(=O)Nc1noc3cc(Oc4ccccn4)cc(OC)c13)OC[C@@H]1C[C@H]21. The molecule has 0 amide bonds. The zero-order chi connectivity index (χ0) is 24.2. The van der Waals surface area contributed by atoms with Crippen LogP contribution in [0.2, 0.25) is 0 Å². The molecular weight excluding hydrogens is 474 g/mol. The van der Waals surface area contributed by atoms with E-state index in [0.29, 0.717) is 47.0 Å². The van der Waals surface area contributed by atoms with Crippen molar-refractivity contribution in [1.29, 1.82) is 0 Å². The van der Waals surface area contributed by atoms with Gasteiger partial charge in [0.2, 0.25) is 5.88 Å². The second kappa shape index (κ2) is 8.05. The maximum Gasteiger partial charge on any atom is 0.270 e. The summed E-state index contributed by atoms with van der Waals surface area (Å²) in [5.41, 5.74) is 1.15. The number of anilines is 1. The molecule has 1 aliphatic carbocycles. The molecule has 0 unspecified atom stereocenters. The van der Waals surface area contributed by atoms with Crippen LogP contribution in [0.4, 0.5) is 5.82 Å². The predicted molar refractivity (Wildman–Crippen MR) is 125 cm³/mol. The second-order valence-electron chi connectivity index (χ2n) is 8.33. The molecule has 35 heavy (non-hydrogen) atoms. The lowest BCUT2D eigenvalue weighted by molar-refractivity contribution is 0.267. The van der Waals surface area contributed by atoms with Crippen molar-refractivity contribution >= 4 is 26.8 Å². The third-order valence-corrected chi connectivity index (χ3v) is 7.57. The molecule has 0 saturated heterocycles. The van der Waals surface area contributed by atoms with Gasteiger partial charge in [0.15, 0.2) is 16.3 Å². The molecule has 10 nitrogen and oxygen atoms in total. The fraction of sp³-hybridized carbons (Fsp3) is 0.250. The minimum absolute atomic E-state index is 0.0269. The topological polar surface area (TPSA) is 122 Å². The fourth-order valence-corrected chi connectivity index (χ4v) is 5.76. The molecule has 1 saturated carbocycles. The number of benzene rings is 2. The number of methoxy groups -OCH3 is 2. The molecule has 0 spiro atoms. The molecule has 11 heteroatoms. The molecule has 2 atom stereocenters. The zero-order valence-electron chi connectivity index (χ0n) is 18.8. The Bertz CT molecular complexity index is 1540. The molecular formula is C24H21N3O7S. The van der Waals surface area contributed by atoms with E-state index in [4.69, 9.17) is 23.5 Å². The Morgan fingerprint density at radius 3 is 2.71 bits per heavy atom. The van der Waals surface area contributed by atoms with Gasteiger partial charge in [-0.3, -0.25) is 4.72 Å². The van der Waals surface area contributed by atoms with E-state index >= 15 is 0 Å². The third kappa shape index (κ3) is 3.68. The van der Waals surface area contributed by atoms with Crippen LogP contribution in [-0.4, -0.2) is 39.4 Å². The van der Waals surface area contributed by atoms with Crippen molar-refractivity contribution in [2.45, 2.75) is 17.2 Å². The van der Waals surface area contributed by atoms with Gasteiger partial charge < -0.3 is 23.5 Å². The molecule has 4 aromatic rings. The van der Waals surface area contributed by atoms with Crippen LogP contribution in [0.5, 0.6) is 28.9 Å². The van der Waals surface area contributed by atoms with E-state index < -0.39 is 10.0 Å². The molecule has 6 rings (SSSR count). The summed E-state index contributed by atoms with van der Waals surface area (Å²) in [5, 5.41) is 4.30. The van der Waals surface area contributed by atoms with Crippen LogP contribution < -0.4 is 23.7 Å². The van der Waals surface area contributed by atoms with E-state index in [1.54, 1.807) is 42.6 Å². The summed E-state index contributed by atoms with van der Waals surface area (Å²) >= 11 is 0. The fourth-order valence-electron chi connectivity index (χ4n) is 4.43. The van der Waals surface area contributed by atoms with E-state index in [1.165, 1.54) is 14.2 Å². The minimum atomic E-state index is -4.17. The van der Waals surface area contributed by atoms with Crippen LogP contribution in [0.1, 0.15) is 17.9 Å². The largest absolute Gasteiger partial charge is 0.496 e. The van der Waals surface area contributed by atoms with E-state index in [2.05, 4.69) is 14.9 Å². The van der Waals surface area contributed by atoms with Gasteiger partial charge in [0.25, 0.3) is 10.0 Å². The lowest BCUT2D eigenvalue weighted by Gasteiger charge is -2.21. The second-order valence-corrected chi connectivity index (χ2v) is 9.95. The number of pyridine rings is 1. The number of nitrogens with one attached hydrogen (secondary N) is 1. The first-order valence-electron chi connectivity index (χ1n) is 10.9. The molecule has 180 valence electrons. The van der Waals surface area contributed by atoms with Crippen LogP contribution in [0, 0.1) is 5.92 Å². The highest BCUT2D eigenvalue weighted by atomic mass is 32.2. The number of sulfonamides is 1. The molecule has 2 aromatic heterocycles. The van der Waals surface area contributed by atoms with Crippen LogP contribution >= 0.6 is 0 Å². The number of hydrogen-bond acceptors (Lipinski definition) is 9. The molecule has 0 radical (unpaired) electrons. The summed E-state index contributed by atoms with van der Waals surface area (Å²) in [4.78, 5) is 4.07. The third-order valence-electron chi connectivity index (χ3n) is 6.18. The Labute approximate surface area is 200 Å². The first-order valence-corrected chi connectivity index (χ1v) is 12.4. The summed E-state index contributed by atoms with van der Waals surface area (Å²) < 4.78 is 57.7. The van der Waals surface area contributed by atoms with Crippen LogP contribution in [0.3, 0.4) is 0 Å². The van der Waals surface area contributed by atoms with E-state index in [9.17, 15) is 8.42 Å². The molecule has 0 bridgehead atoms. The Kier molecular flexibility index (Phi) is 4.95. The van der Waals surface area contributed by atoms with Gasteiger partial charge >= 0.3 is 0 Å². The average molecular weight is 496 g/mol. The van der Waals surface area contributed by atoms with Gasteiger partial charge in [0.05, 0.1) is 20.8 Å². The number of aromatic nitrogens is 2. The lowest BCUT2D eigenvalue weighted by Crippen LogP contribution is -2.19. The zero-order valence-corrected chi connectivity index (χ0v) is 19.7. The maximum absolute atomic E-state index is 13.6. The monoisotopic (exact) mass is 495 g/mol. The van der Waals surface area contributed by atoms with Crippen LogP contribution in [0.15, 0.2) is 58.1 Å².